The highest BCUT2D eigenvalue weighted by Gasteiger charge is 2.27. The van der Waals surface area contributed by atoms with E-state index in [-0.39, 0.29) is 11.2 Å². The lowest BCUT2D eigenvalue weighted by molar-refractivity contribution is 0.0854. The van der Waals surface area contributed by atoms with Crippen LogP contribution in [0.5, 0.6) is 5.75 Å². The summed E-state index contributed by atoms with van der Waals surface area (Å²) >= 11 is 0. The summed E-state index contributed by atoms with van der Waals surface area (Å²) in [5.74, 6) is 1.00. The summed E-state index contributed by atoms with van der Waals surface area (Å²) in [6, 6.07) is 4.12. The summed E-state index contributed by atoms with van der Waals surface area (Å²) in [5.41, 5.74) is 2.74. The molecule has 0 saturated carbocycles. The molecular formula is C16H22O2. The zero-order valence-electron chi connectivity index (χ0n) is 11.8. The van der Waals surface area contributed by atoms with Crippen LogP contribution in [0.3, 0.4) is 0 Å². The molecule has 1 aliphatic heterocycles. The molecule has 0 fully saturated rings. The van der Waals surface area contributed by atoms with Gasteiger partial charge in [0.1, 0.15) is 5.75 Å². The van der Waals surface area contributed by atoms with Gasteiger partial charge in [0.25, 0.3) is 0 Å². The lowest BCUT2D eigenvalue weighted by Crippen LogP contribution is -2.21. The normalized spacial score (nSPS) is 15.6. The molecule has 0 aliphatic carbocycles. The maximum Gasteiger partial charge on any atom is 0.171 e. The Labute approximate surface area is 109 Å². The third kappa shape index (κ3) is 2.58. The van der Waals surface area contributed by atoms with Gasteiger partial charge in [0, 0.05) is 5.41 Å². The number of carbonyl (C=O) groups excluding carboxylic acids is 1. The Morgan fingerprint density at radius 1 is 1.22 bits per heavy atom. The van der Waals surface area contributed by atoms with Crippen LogP contribution in [0.15, 0.2) is 12.1 Å². The Balaban J connectivity index is 2.53. The summed E-state index contributed by atoms with van der Waals surface area (Å²) < 4.78 is 5.83. The second kappa shape index (κ2) is 4.75. The third-order valence-electron chi connectivity index (χ3n) is 3.32. The highest BCUT2D eigenvalue weighted by atomic mass is 16.5. The van der Waals surface area contributed by atoms with Crippen molar-refractivity contribution in [3.05, 3.63) is 28.8 Å². The van der Waals surface area contributed by atoms with Crippen molar-refractivity contribution in [3.8, 4) is 5.75 Å². The van der Waals surface area contributed by atoms with Gasteiger partial charge in [-0.05, 0) is 43.4 Å². The van der Waals surface area contributed by atoms with E-state index >= 15 is 0 Å². The lowest BCUT2D eigenvalue weighted by atomic mass is 9.84. The summed E-state index contributed by atoms with van der Waals surface area (Å²) in [4.78, 5) is 12.5. The molecule has 1 aromatic carbocycles. The minimum absolute atomic E-state index is 0.171. The topological polar surface area (TPSA) is 26.3 Å². The highest BCUT2D eigenvalue weighted by molar-refractivity contribution is 6.02. The predicted molar refractivity (Wildman–Crippen MR) is 73.4 cm³/mol. The predicted octanol–water partition coefficient (Wildman–Crippen LogP) is 3.94. The first kappa shape index (κ1) is 13.1. The average molecular weight is 246 g/mol. The molecule has 0 spiro atoms. The first-order valence-electron chi connectivity index (χ1n) is 6.71. The Kier molecular flexibility index (Phi) is 3.47. The van der Waals surface area contributed by atoms with E-state index in [0.717, 1.165) is 42.7 Å². The number of rotatable bonds is 1. The molecular weight excluding hydrogens is 224 g/mol. The summed E-state index contributed by atoms with van der Waals surface area (Å²) in [7, 11) is 0. The van der Waals surface area contributed by atoms with Gasteiger partial charge in [-0.25, -0.2) is 0 Å². The standard InChI is InChI=1S/C16H22O2/c1-11-9-12-7-5-6-8-18-14(12)13(10-11)15(17)16(2,3)4/h9-10H,5-8H2,1-4H3. The van der Waals surface area contributed by atoms with Gasteiger partial charge in [-0.3, -0.25) is 4.79 Å². The number of benzene rings is 1. The summed E-state index contributed by atoms with van der Waals surface area (Å²) in [6.07, 6.45) is 3.22. The number of fused-ring (bicyclic) bond motifs is 1. The van der Waals surface area contributed by atoms with Gasteiger partial charge in [0.05, 0.1) is 12.2 Å². The fourth-order valence-corrected chi connectivity index (χ4v) is 2.37. The molecule has 0 unspecified atom stereocenters. The number of ketones is 1. The molecule has 0 bridgehead atoms. The van der Waals surface area contributed by atoms with Crippen molar-refractivity contribution in [1.82, 2.24) is 0 Å². The Morgan fingerprint density at radius 3 is 2.61 bits per heavy atom. The summed E-state index contributed by atoms with van der Waals surface area (Å²) in [6.45, 7) is 8.65. The first-order valence-corrected chi connectivity index (χ1v) is 6.71. The quantitative estimate of drug-likeness (QED) is 0.702. The van der Waals surface area contributed by atoms with Crippen LogP contribution in [-0.4, -0.2) is 12.4 Å². The van der Waals surface area contributed by atoms with E-state index in [1.165, 1.54) is 5.56 Å². The van der Waals surface area contributed by atoms with Gasteiger partial charge in [-0.15, -0.1) is 0 Å². The van der Waals surface area contributed by atoms with Gasteiger partial charge >= 0.3 is 0 Å². The molecule has 2 heteroatoms. The average Bonchev–Trinajstić information content (AvgIpc) is 2.50. The lowest BCUT2D eigenvalue weighted by Gasteiger charge is -2.20. The molecule has 0 N–H and O–H groups in total. The molecule has 0 saturated heterocycles. The van der Waals surface area contributed by atoms with E-state index in [4.69, 9.17) is 4.74 Å². The Bertz CT molecular complexity index is 467. The Morgan fingerprint density at radius 2 is 1.94 bits per heavy atom. The minimum Gasteiger partial charge on any atom is -0.493 e. The van der Waals surface area contributed by atoms with Crippen molar-refractivity contribution >= 4 is 5.78 Å². The largest absolute Gasteiger partial charge is 0.493 e. The van der Waals surface area contributed by atoms with Gasteiger partial charge < -0.3 is 4.74 Å². The first-order chi connectivity index (χ1) is 8.39. The van der Waals surface area contributed by atoms with Crippen LogP contribution in [0.2, 0.25) is 0 Å². The number of Topliss-reactive ketones (excluding diaryl/α,β-unsaturated/α-hetero) is 1. The zero-order valence-corrected chi connectivity index (χ0v) is 11.8. The van der Waals surface area contributed by atoms with Crippen molar-refractivity contribution in [2.75, 3.05) is 6.61 Å². The van der Waals surface area contributed by atoms with Crippen LogP contribution < -0.4 is 4.74 Å². The molecule has 98 valence electrons. The second-order valence-electron chi connectivity index (χ2n) is 6.19. The maximum absolute atomic E-state index is 12.5. The molecule has 18 heavy (non-hydrogen) atoms. The van der Waals surface area contributed by atoms with E-state index in [0.29, 0.717) is 0 Å². The van der Waals surface area contributed by atoms with Gasteiger partial charge in [-0.1, -0.05) is 26.8 Å². The maximum atomic E-state index is 12.5. The van der Waals surface area contributed by atoms with Crippen molar-refractivity contribution in [2.45, 2.75) is 47.0 Å². The SMILES string of the molecule is Cc1cc2c(c(C(=O)C(C)(C)C)c1)OCCCC2. The number of aryl methyl sites for hydroxylation is 2. The molecule has 2 rings (SSSR count). The molecule has 0 aromatic heterocycles. The summed E-state index contributed by atoms with van der Waals surface area (Å²) in [5, 5.41) is 0. The fourth-order valence-electron chi connectivity index (χ4n) is 2.37. The second-order valence-corrected chi connectivity index (χ2v) is 6.19. The van der Waals surface area contributed by atoms with Crippen molar-refractivity contribution in [1.29, 1.82) is 0 Å². The number of hydrogen-bond acceptors (Lipinski definition) is 2. The molecule has 0 amide bonds. The zero-order chi connectivity index (χ0) is 13.3. The molecule has 1 heterocycles. The van der Waals surface area contributed by atoms with Crippen LogP contribution in [0.1, 0.15) is 55.1 Å². The van der Waals surface area contributed by atoms with Gasteiger partial charge in [0.15, 0.2) is 5.78 Å². The van der Waals surface area contributed by atoms with E-state index in [1.54, 1.807) is 0 Å². The molecule has 1 aliphatic rings. The number of hydrogen-bond donors (Lipinski definition) is 0. The molecule has 2 nitrogen and oxygen atoms in total. The van der Waals surface area contributed by atoms with Crippen molar-refractivity contribution < 1.29 is 9.53 Å². The van der Waals surface area contributed by atoms with Crippen molar-refractivity contribution in [2.24, 2.45) is 5.41 Å². The number of ether oxygens (including phenoxy) is 1. The Hall–Kier alpha value is -1.31. The molecule has 0 atom stereocenters. The molecule has 1 aromatic rings. The third-order valence-corrected chi connectivity index (χ3v) is 3.32. The van der Waals surface area contributed by atoms with E-state index < -0.39 is 0 Å². The molecule has 0 radical (unpaired) electrons. The van der Waals surface area contributed by atoms with Crippen LogP contribution in [0.4, 0.5) is 0 Å². The van der Waals surface area contributed by atoms with E-state index in [9.17, 15) is 4.79 Å². The highest BCUT2D eigenvalue weighted by Crippen LogP contribution is 2.34. The van der Waals surface area contributed by atoms with Gasteiger partial charge in [-0.2, -0.15) is 0 Å². The monoisotopic (exact) mass is 246 g/mol. The van der Waals surface area contributed by atoms with Gasteiger partial charge in [0.2, 0.25) is 0 Å². The van der Waals surface area contributed by atoms with Crippen molar-refractivity contribution in [3.63, 3.8) is 0 Å². The fraction of sp³-hybridized carbons (Fsp3) is 0.562. The smallest absolute Gasteiger partial charge is 0.171 e. The van der Waals surface area contributed by atoms with E-state index in [1.807, 2.05) is 33.8 Å². The van der Waals surface area contributed by atoms with E-state index in [2.05, 4.69) is 6.07 Å². The van der Waals surface area contributed by atoms with Crippen LogP contribution >= 0.6 is 0 Å². The van der Waals surface area contributed by atoms with Crippen LogP contribution in [0.25, 0.3) is 0 Å². The van der Waals surface area contributed by atoms with Crippen LogP contribution in [-0.2, 0) is 6.42 Å². The van der Waals surface area contributed by atoms with Crippen LogP contribution in [0, 0.1) is 12.3 Å². The number of carbonyl (C=O) groups is 1. The minimum atomic E-state index is -0.364.